The van der Waals surface area contributed by atoms with Crippen LogP contribution >= 0.6 is 0 Å². The summed E-state index contributed by atoms with van der Waals surface area (Å²) in [4.78, 5) is 13.3. The van der Waals surface area contributed by atoms with Gasteiger partial charge in [0.1, 0.15) is 0 Å². The highest BCUT2D eigenvalue weighted by Crippen LogP contribution is 2.28. The molecule has 0 unspecified atom stereocenters. The standard InChI is InChI=1S/C20H18FN3O2/c21-18-12-14(11-15(13-25)20(18)26)19-7-10-24(22-19)17-5-3-16(4-6-17)23-8-1-2-9-23/h3-7,10-13,26H,1-2,8-9H2. The van der Waals surface area contributed by atoms with Crippen molar-refractivity contribution in [3.8, 4) is 22.7 Å². The second-order valence-corrected chi connectivity index (χ2v) is 6.37. The van der Waals surface area contributed by atoms with Crippen LogP contribution in [0.2, 0.25) is 0 Å². The molecule has 1 fully saturated rings. The largest absolute Gasteiger partial charge is 0.504 e. The van der Waals surface area contributed by atoms with Crippen molar-refractivity contribution in [2.75, 3.05) is 18.0 Å². The van der Waals surface area contributed by atoms with Crippen LogP contribution in [0.25, 0.3) is 16.9 Å². The molecule has 0 aliphatic carbocycles. The normalized spacial score (nSPS) is 14.0. The van der Waals surface area contributed by atoms with Gasteiger partial charge in [-0.1, -0.05) is 0 Å². The van der Waals surface area contributed by atoms with Gasteiger partial charge in [0, 0.05) is 30.5 Å². The highest BCUT2D eigenvalue weighted by Gasteiger charge is 2.14. The Morgan fingerprint density at radius 2 is 1.73 bits per heavy atom. The number of phenolic OH excluding ortho intramolecular Hbond substituents is 1. The van der Waals surface area contributed by atoms with Crippen molar-refractivity contribution in [3.63, 3.8) is 0 Å². The highest BCUT2D eigenvalue weighted by molar-refractivity contribution is 5.82. The minimum Gasteiger partial charge on any atom is -0.504 e. The third-order valence-electron chi connectivity index (χ3n) is 4.69. The molecule has 0 spiro atoms. The number of aromatic hydroxyl groups is 1. The van der Waals surface area contributed by atoms with E-state index >= 15 is 0 Å². The average molecular weight is 351 g/mol. The molecule has 1 aromatic heterocycles. The monoisotopic (exact) mass is 351 g/mol. The van der Waals surface area contributed by atoms with Gasteiger partial charge in [-0.25, -0.2) is 9.07 Å². The van der Waals surface area contributed by atoms with Gasteiger partial charge >= 0.3 is 0 Å². The summed E-state index contributed by atoms with van der Waals surface area (Å²) in [5.41, 5.74) is 2.97. The SMILES string of the molecule is O=Cc1cc(-c2ccn(-c3ccc(N4CCCC4)cc3)n2)cc(F)c1O. The number of aldehydes is 1. The van der Waals surface area contributed by atoms with Gasteiger partial charge in [0.05, 0.1) is 16.9 Å². The summed E-state index contributed by atoms with van der Waals surface area (Å²) in [7, 11) is 0. The van der Waals surface area contributed by atoms with Crippen molar-refractivity contribution in [1.29, 1.82) is 0 Å². The molecule has 0 atom stereocenters. The first-order valence-corrected chi connectivity index (χ1v) is 8.55. The first-order valence-electron chi connectivity index (χ1n) is 8.55. The van der Waals surface area contributed by atoms with Crippen molar-refractivity contribution in [2.24, 2.45) is 0 Å². The molecular formula is C20H18FN3O2. The van der Waals surface area contributed by atoms with Crippen LogP contribution in [0.15, 0.2) is 48.7 Å². The summed E-state index contributed by atoms with van der Waals surface area (Å²) >= 11 is 0. The molecule has 1 aliphatic heterocycles. The molecule has 5 nitrogen and oxygen atoms in total. The Bertz CT molecular complexity index is 944. The van der Waals surface area contributed by atoms with E-state index in [1.807, 2.05) is 12.1 Å². The van der Waals surface area contributed by atoms with E-state index in [9.17, 15) is 14.3 Å². The van der Waals surface area contributed by atoms with E-state index in [1.165, 1.54) is 30.7 Å². The summed E-state index contributed by atoms with van der Waals surface area (Å²) in [5, 5.41) is 14.0. The highest BCUT2D eigenvalue weighted by atomic mass is 19.1. The molecule has 0 radical (unpaired) electrons. The Balaban J connectivity index is 1.62. The van der Waals surface area contributed by atoms with E-state index in [-0.39, 0.29) is 5.56 Å². The zero-order valence-corrected chi connectivity index (χ0v) is 14.1. The van der Waals surface area contributed by atoms with Crippen molar-refractivity contribution in [1.82, 2.24) is 9.78 Å². The van der Waals surface area contributed by atoms with Crippen LogP contribution in [-0.4, -0.2) is 34.3 Å². The lowest BCUT2D eigenvalue weighted by Gasteiger charge is -2.17. The lowest BCUT2D eigenvalue weighted by atomic mass is 10.1. The maximum atomic E-state index is 13.8. The molecule has 1 saturated heterocycles. The van der Waals surface area contributed by atoms with E-state index in [4.69, 9.17) is 0 Å². The zero-order chi connectivity index (χ0) is 18.1. The lowest BCUT2D eigenvalue weighted by Crippen LogP contribution is -2.17. The molecule has 0 amide bonds. The van der Waals surface area contributed by atoms with Crippen molar-refractivity contribution < 1.29 is 14.3 Å². The second-order valence-electron chi connectivity index (χ2n) is 6.37. The molecule has 1 N–H and O–H groups in total. The number of carbonyl (C=O) groups is 1. The van der Waals surface area contributed by atoms with Gasteiger partial charge in [-0.2, -0.15) is 5.10 Å². The van der Waals surface area contributed by atoms with Crippen molar-refractivity contribution in [3.05, 3.63) is 60.0 Å². The fraction of sp³-hybridized carbons (Fsp3) is 0.200. The van der Waals surface area contributed by atoms with Crippen LogP contribution in [0, 0.1) is 5.82 Å². The molecule has 4 rings (SSSR count). The topological polar surface area (TPSA) is 58.4 Å². The van der Waals surface area contributed by atoms with E-state index in [2.05, 4.69) is 22.1 Å². The Morgan fingerprint density at radius 1 is 1.04 bits per heavy atom. The van der Waals surface area contributed by atoms with Crippen LogP contribution < -0.4 is 4.90 Å². The third kappa shape index (κ3) is 2.94. The first-order chi connectivity index (χ1) is 12.7. The summed E-state index contributed by atoms with van der Waals surface area (Å²) in [6.45, 7) is 2.19. The van der Waals surface area contributed by atoms with E-state index < -0.39 is 11.6 Å². The van der Waals surface area contributed by atoms with Crippen LogP contribution in [0.1, 0.15) is 23.2 Å². The average Bonchev–Trinajstić information content (AvgIpc) is 3.36. The quantitative estimate of drug-likeness (QED) is 0.727. The number of hydrogen-bond donors (Lipinski definition) is 1. The molecule has 2 aromatic carbocycles. The van der Waals surface area contributed by atoms with Crippen LogP contribution in [0.3, 0.4) is 0 Å². The summed E-state index contributed by atoms with van der Waals surface area (Å²) < 4.78 is 15.5. The molecule has 1 aliphatic rings. The van der Waals surface area contributed by atoms with Gasteiger partial charge < -0.3 is 10.0 Å². The Hall–Kier alpha value is -3.15. The van der Waals surface area contributed by atoms with Gasteiger partial charge in [-0.05, 0) is 55.3 Å². The predicted molar refractivity (Wildman–Crippen MR) is 97.5 cm³/mol. The molecule has 6 heteroatoms. The van der Waals surface area contributed by atoms with Crippen molar-refractivity contribution in [2.45, 2.75) is 12.8 Å². The lowest BCUT2D eigenvalue weighted by molar-refractivity contribution is 0.112. The number of benzene rings is 2. The van der Waals surface area contributed by atoms with Crippen molar-refractivity contribution >= 4 is 12.0 Å². The van der Waals surface area contributed by atoms with Gasteiger partial charge in [0.2, 0.25) is 0 Å². The molecule has 0 saturated carbocycles. The van der Waals surface area contributed by atoms with Crippen LogP contribution in [0.4, 0.5) is 10.1 Å². The smallest absolute Gasteiger partial charge is 0.166 e. The number of hydrogen-bond acceptors (Lipinski definition) is 4. The first kappa shape index (κ1) is 16.3. The minimum absolute atomic E-state index is 0.0930. The number of carbonyl (C=O) groups excluding carboxylic acids is 1. The van der Waals surface area contributed by atoms with Gasteiger partial charge in [0.15, 0.2) is 17.9 Å². The minimum atomic E-state index is -0.839. The molecule has 132 valence electrons. The molecule has 26 heavy (non-hydrogen) atoms. The van der Waals surface area contributed by atoms with Gasteiger partial charge in [-0.3, -0.25) is 4.79 Å². The summed E-state index contributed by atoms with van der Waals surface area (Å²) in [6, 6.07) is 12.5. The number of rotatable bonds is 4. The molecule has 2 heterocycles. The number of aromatic nitrogens is 2. The van der Waals surface area contributed by atoms with Crippen LogP contribution in [0.5, 0.6) is 5.75 Å². The molecule has 0 bridgehead atoms. The number of halogens is 1. The van der Waals surface area contributed by atoms with E-state index in [1.54, 1.807) is 16.9 Å². The Labute approximate surface area is 150 Å². The fourth-order valence-electron chi connectivity index (χ4n) is 3.27. The second kappa shape index (κ2) is 6.63. The number of nitrogens with zero attached hydrogens (tertiary/aromatic N) is 3. The predicted octanol–water partition coefficient (Wildman–Crippen LogP) is 3.80. The number of anilines is 1. The van der Waals surface area contributed by atoms with E-state index in [0.717, 1.165) is 18.8 Å². The molecular weight excluding hydrogens is 333 g/mol. The van der Waals surface area contributed by atoms with Crippen LogP contribution in [-0.2, 0) is 0 Å². The Kier molecular flexibility index (Phi) is 4.16. The number of phenols is 1. The fourth-order valence-corrected chi connectivity index (χ4v) is 3.27. The maximum Gasteiger partial charge on any atom is 0.166 e. The van der Waals surface area contributed by atoms with E-state index in [0.29, 0.717) is 17.5 Å². The van der Waals surface area contributed by atoms with Gasteiger partial charge in [0.25, 0.3) is 0 Å². The van der Waals surface area contributed by atoms with Gasteiger partial charge in [-0.15, -0.1) is 0 Å². The Morgan fingerprint density at radius 3 is 2.42 bits per heavy atom. The maximum absolute atomic E-state index is 13.8. The third-order valence-corrected chi connectivity index (χ3v) is 4.69. The molecule has 3 aromatic rings. The zero-order valence-electron chi connectivity index (χ0n) is 14.1. The summed E-state index contributed by atoms with van der Waals surface area (Å²) in [6.07, 6.45) is 4.67. The summed E-state index contributed by atoms with van der Waals surface area (Å²) in [5.74, 6) is -1.48.